The van der Waals surface area contributed by atoms with E-state index >= 15 is 0 Å². The summed E-state index contributed by atoms with van der Waals surface area (Å²) in [5, 5.41) is 12.2. The summed E-state index contributed by atoms with van der Waals surface area (Å²) in [5.74, 6) is 0.879. The maximum atomic E-state index is 8.92. The largest absolute Gasteiger partial charge is 0.494 e. The highest BCUT2D eigenvalue weighted by molar-refractivity contribution is 6.00. The van der Waals surface area contributed by atoms with Gasteiger partial charge in [-0.15, -0.1) is 0 Å². The molecule has 0 amide bonds. The first kappa shape index (κ1) is 19.5. The van der Waals surface area contributed by atoms with Gasteiger partial charge in [-0.25, -0.2) is 0 Å². The molecule has 23 heavy (non-hydrogen) atoms. The summed E-state index contributed by atoms with van der Waals surface area (Å²) in [7, 11) is 0. The summed E-state index contributed by atoms with van der Waals surface area (Å²) in [4.78, 5) is 2.57. The molecule has 0 radical (unpaired) electrons. The normalized spacial score (nSPS) is 19.2. The third-order valence-corrected chi connectivity index (χ3v) is 4.44. The van der Waals surface area contributed by atoms with E-state index in [0.29, 0.717) is 12.1 Å². The fourth-order valence-corrected chi connectivity index (χ4v) is 3.02. The van der Waals surface area contributed by atoms with E-state index in [-0.39, 0.29) is 7.43 Å². The van der Waals surface area contributed by atoms with Gasteiger partial charge in [0.25, 0.3) is 0 Å². The highest BCUT2D eigenvalue weighted by atomic mass is 16.5. The molecule has 1 heterocycles. The molecule has 1 aliphatic heterocycles. The van der Waals surface area contributed by atoms with Gasteiger partial charge in [0.1, 0.15) is 5.75 Å². The topological polar surface area (TPSA) is 45.1 Å². The van der Waals surface area contributed by atoms with E-state index in [0.717, 1.165) is 36.9 Å². The summed E-state index contributed by atoms with van der Waals surface area (Å²) in [6.45, 7) is 7.40. The summed E-state index contributed by atoms with van der Waals surface area (Å²) >= 11 is 0. The minimum atomic E-state index is 0. The Morgan fingerprint density at radius 3 is 2.65 bits per heavy atom. The molecule has 1 N–H and O–H groups in total. The molecule has 1 aliphatic rings. The molecule has 130 valence electrons. The van der Waals surface area contributed by atoms with Crippen molar-refractivity contribution in [3.8, 4) is 5.75 Å². The molecule has 1 saturated heterocycles. The number of likely N-dealkylation sites (tertiary alicyclic amines) is 1. The van der Waals surface area contributed by atoms with E-state index in [1.807, 2.05) is 31.2 Å². The van der Waals surface area contributed by atoms with Crippen molar-refractivity contribution in [2.45, 2.75) is 59.4 Å². The Labute approximate surface area is 141 Å². The first-order chi connectivity index (χ1) is 10.7. The van der Waals surface area contributed by atoms with Gasteiger partial charge in [0.15, 0.2) is 0 Å². The average molecular weight is 320 g/mol. The van der Waals surface area contributed by atoms with Gasteiger partial charge in [-0.1, -0.05) is 25.9 Å². The van der Waals surface area contributed by atoms with Gasteiger partial charge in [-0.2, -0.15) is 0 Å². The van der Waals surface area contributed by atoms with Crippen molar-refractivity contribution in [1.29, 1.82) is 0 Å². The third-order valence-electron chi connectivity index (χ3n) is 4.44. The second-order valence-corrected chi connectivity index (χ2v) is 6.01. The van der Waals surface area contributed by atoms with E-state index in [2.05, 4.69) is 17.0 Å². The minimum absolute atomic E-state index is 0. The maximum Gasteiger partial charge on any atom is 0.119 e. The fraction of sp³-hybridized carbons (Fsp3) is 0.632. The molecular weight excluding hydrogens is 288 g/mol. The van der Waals surface area contributed by atoms with Gasteiger partial charge in [0.2, 0.25) is 0 Å². The van der Waals surface area contributed by atoms with Crippen LogP contribution in [-0.4, -0.2) is 41.6 Å². The van der Waals surface area contributed by atoms with Gasteiger partial charge in [0.05, 0.1) is 12.3 Å². The molecule has 0 aliphatic carbocycles. The van der Waals surface area contributed by atoms with Crippen molar-refractivity contribution in [3.05, 3.63) is 29.8 Å². The monoisotopic (exact) mass is 320 g/mol. The zero-order chi connectivity index (χ0) is 15.8. The average Bonchev–Trinajstić information content (AvgIpc) is 2.55. The van der Waals surface area contributed by atoms with Crippen LogP contribution in [0.4, 0.5) is 0 Å². The highest BCUT2D eigenvalue weighted by Crippen LogP contribution is 2.17. The lowest BCUT2D eigenvalue weighted by atomic mass is 10.0. The SMILES string of the molecule is C.CC/C(=N/O)c1ccc(OCCCN2CCCCC2C)cc1. The first-order valence-corrected chi connectivity index (χ1v) is 8.42. The van der Waals surface area contributed by atoms with Crippen molar-refractivity contribution < 1.29 is 9.94 Å². The molecule has 0 saturated carbocycles. The molecule has 1 aromatic carbocycles. The molecule has 4 heteroatoms. The molecule has 4 nitrogen and oxygen atoms in total. The van der Waals surface area contributed by atoms with E-state index in [4.69, 9.17) is 9.94 Å². The molecular formula is C19H32N2O2. The van der Waals surface area contributed by atoms with Gasteiger partial charge < -0.3 is 14.8 Å². The fourth-order valence-electron chi connectivity index (χ4n) is 3.02. The number of ether oxygens (including phenoxy) is 1. The van der Waals surface area contributed by atoms with Crippen molar-refractivity contribution >= 4 is 5.71 Å². The van der Waals surface area contributed by atoms with E-state index in [1.165, 1.54) is 25.8 Å². The van der Waals surface area contributed by atoms with E-state index < -0.39 is 0 Å². The lowest BCUT2D eigenvalue weighted by Gasteiger charge is -2.33. The summed E-state index contributed by atoms with van der Waals surface area (Å²) in [5.41, 5.74) is 1.64. The van der Waals surface area contributed by atoms with Gasteiger partial charge >= 0.3 is 0 Å². The third kappa shape index (κ3) is 5.87. The second-order valence-electron chi connectivity index (χ2n) is 6.01. The van der Waals surface area contributed by atoms with Crippen molar-refractivity contribution in [2.24, 2.45) is 5.16 Å². The van der Waals surface area contributed by atoms with Crippen LogP contribution in [0.3, 0.4) is 0 Å². The Morgan fingerprint density at radius 1 is 1.30 bits per heavy atom. The number of hydrogen-bond acceptors (Lipinski definition) is 4. The van der Waals surface area contributed by atoms with E-state index in [1.54, 1.807) is 0 Å². The number of oxime groups is 1. The second kappa shape index (κ2) is 10.3. The quantitative estimate of drug-likeness (QED) is 0.347. The van der Waals surface area contributed by atoms with Gasteiger partial charge in [-0.3, -0.25) is 0 Å². The number of nitrogens with zero attached hydrogens (tertiary/aromatic N) is 2. The predicted octanol–water partition coefficient (Wildman–Crippen LogP) is 4.55. The van der Waals surface area contributed by atoms with E-state index in [9.17, 15) is 0 Å². The minimum Gasteiger partial charge on any atom is -0.494 e. The Bertz CT molecular complexity index is 471. The van der Waals surface area contributed by atoms with Crippen LogP contribution in [0.2, 0.25) is 0 Å². The Balaban J connectivity index is 0.00000264. The number of hydrogen-bond donors (Lipinski definition) is 1. The highest BCUT2D eigenvalue weighted by Gasteiger charge is 2.17. The molecule has 0 spiro atoms. The zero-order valence-electron chi connectivity index (χ0n) is 13.8. The van der Waals surface area contributed by atoms with Gasteiger partial charge in [-0.05, 0) is 69.0 Å². The maximum absolute atomic E-state index is 8.92. The Hall–Kier alpha value is -1.55. The lowest BCUT2D eigenvalue weighted by Crippen LogP contribution is -2.38. The summed E-state index contributed by atoms with van der Waals surface area (Å²) in [6.07, 6.45) is 5.81. The Kier molecular flexibility index (Phi) is 8.70. The first-order valence-electron chi connectivity index (χ1n) is 8.42. The molecule has 1 atom stereocenters. The summed E-state index contributed by atoms with van der Waals surface area (Å²) < 4.78 is 5.81. The van der Waals surface area contributed by atoms with Crippen LogP contribution in [0.15, 0.2) is 29.4 Å². The number of benzene rings is 1. The zero-order valence-corrected chi connectivity index (χ0v) is 13.8. The van der Waals surface area contributed by atoms with Crippen LogP contribution in [0, 0.1) is 0 Å². The lowest BCUT2D eigenvalue weighted by molar-refractivity contribution is 0.148. The molecule has 0 aromatic heterocycles. The molecule has 0 bridgehead atoms. The number of piperidine rings is 1. The van der Waals surface area contributed by atoms with Crippen LogP contribution in [0.1, 0.15) is 58.9 Å². The summed E-state index contributed by atoms with van der Waals surface area (Å²) in [6, 6.07) is 8.50. The molecule has 2 rings (SSSR count). The van der Waals surface area contributed by atoms with Crippen LogP contribution in [0.5, 0.6) is 5.75 Å². The van der Waals surface area contributed by atoms with Crippen molar-refractivity contribution in [3.63, 3.8) is 0 Å². The molecule has 1 fully saturated rings. The van der Waals surface area contributed by atoms with Crippen LogP contribution in [0.25, 0.3) is 0 Å². The van der Waals surface area contributed by atoms with Crippen molar-refractivity contribution in [2.75, 3.05) is 19.7 Å². The predicted molar refractivity (Wildman–Crippen MR) is 96.8 cm³/mol. The molecule has 1 aromatic rings. The van der Waals surface area contributed by atoms with Crippen LogP contribution in [-0.2, 0) is 0 Å². The van der Waals surface area contributed by atoms with Crippen LogP contribution >= 0.6 is 0 Å². The Morgan fingerprint density at radius 2 is 2.04 bits per heavy atom. The molecule has 1 unspecified atom stereocenters. The van der Waals surface area contributed by atoms with Crippen LogP contribution < -0.4 is 4.74 Å². The smallest absolute Gasteiger partial charge is 0.119 e. The number of rotatable bonds is 7. The van der Waals surface area contributed by atoms with Crippen molar-refractivity contribution in [1.82, 2.24) is 4.90 Å². The standard InChI is InChI=1S/C18H28N2O2.CH4/c1-3-18(19-21)16-8-10-17(11-9-16)22-14-6-13-20-12-5-4-7-15(20)2;/h8-11,15,21H,3-7,12-14H2,1-2H3;1H4/b19-18-;. The van der Waals surface area contributed by atoms with Gasteiger partial charge in [0, 0.05) is 12.6 Å².